The molecular weight excluding hydrogens is 867 g/mol. The Bertz CT molecular complexity index is 1390. The fourth-order valence-corrected chi connectivity index (χ4v) is 8.60. The minimum atomic E-state index is -0.886. The molecule has 2 atom stereocenters. The van der Waals surface area contributed by atoms with Crippen LogP contribution in [0.1, 0.15) is 277 Å². The van der Waals surface area contributed by atoms with Crippen LogP contribution in [0.5, 0.6) is 0 Å². The molecule has 0 aliphatic carbocycles. The molecule has 0 fully saturated rings. The van der Waals surface area contributed by atoms with E-state index < -0.39 is 12.1 Å². The molecule has 0 bridgehead atoms. The Morgan fingerprint density at radius 1 is 0.352 bits per heavy atom. The van der Waals surface area contributed by atoms with Gasteiger partial charge in [-0.1, -0.05) is 289 Å². The van der Waals surface area contributed by atoms with Gasteiger partial charge in [0.25, 0.3) is 0 Å². The minimum absolute atomic E-state index is 0.0926. The zero-order chi connectivity index (χ0) is 51.3. The van der Waals surface area contributed by atoms with Gasteiger partial charge >= 0.3 is 0 Å². The van der Waals surface area contributed by atoms with E-state index in [1.807, 2.05) is 6.08 Å². The largest absolute Gasteiger partial charge is 0.394 e. The molecule has 0 spiro atoms. The summed E-state index contributed by atoms with van der Waals surface area (Å²) >= 11 is 0. The van der Waals surface area contributed by atoms with E-state index in [-0.39, 0.29) is 12.5 Å². The number of hydrogen-bond donors (Lipinski definition) is 3. The Labute approximate surface area is 441 Å². The van der Waals surface area contributed by atoms with Crippen molar-refractivity contribution in [1.29, 1.82) is 0 Å². The van der Waals surface area contributed by atoms with Crippen LogP contribution in [0.25, 0.3) is 0 Å². The third kappa shape index (κ3) is 57.6. The van der Waals surface area contributed by atoms with Crippen LogP contribution in [0.4, 0.5) is 0 Å². The standard InChI is InChI=1S/C67H115NO3/c1-3-5-7-9-11-13-15-17-19-21-23-25-27-29-31-33-35-36-38-40-42-44-46-48-50-52-54-56-58-60-62-66(70)65(64-69)68-67(71)63-61-59-57-55-53-51-49-47-45-43-41-39-37-34-32-30-28-26-24-22-20-18-16-14-12-10-8-6-4-2/h6,8,12,14,18,20,24,26,30,32,37,39,43-46,52,54,60,62,65-66,69-70H,3-5,7,9-11,13,15-17,19,21-23,25,27-29,31,33-36,38,40-42,47-51,53,55-59,61,63-64H2,1-2H3,(H,68,71)/b8-6-,14-12-,20-18-,26-24-,32-30-,39-37-,45-43-,46-44+,54-52+,62-60+. The molecule has 0 aliphatic rings. The third-order valence-corrected chi connectivity index (χ3v) is 13.2. The van der Waals surface area contributed by atoms with Crippen molar-refractivity contribution in [2.75, 3.05) is 6.61 Å². The van der Waals surface area contributed by atoms with Gasteiger partial charge in [0, 0.05) is 6.42 Å². The zero-order valence-corrected chi connectivity index (χ0v) is 46.7. The highest BCUT2D eigenvalue weighted by molar-refractivity contribution is 5.76. The van der Waals surface area contributed by atoms with Gasteiger partial charge in [0.1, 0.15) is 0 Å². The van der Waals surface area contributed by atoms with E-state index in [9.17, 15) is 15.0 Å². The van der Waals surface area contributed by atoms with Crippen LogP contribution in [-0.4, -0.2) is 34.9 Å². The lowest BCUT2D eigenvalue weighted by atomic mass is 10.0. The topological polar surface area (TPSA) is 69.6 Å². The van der Waals surface area contributed by atoms with Crippen molar-refractivity contribution in [2.45, 2.75) is 289 Å². The van der Waals surface area contributed by atoms with Crippen LogP contribution in [0.15, 0.2) is 122 Å². The highest BCUT2D eigenvalue weighted by Crippen LogP contribution is 2.16. The summed E-state index contributed by atoms with van der Waals surface area (Å²) in [7, 11) is 0. The first-order valence-corrected chi connectivity index (χ1v) is 30.2. The fourth-order valence-electron chi connectivity index (χ4n) is 8.60. The average Bonchev–Trinajstić information content (AvgIpc) is 3.37. The highest BCUT2D eigenvalue weighted by Gasteiger charge is 2.18. The van der Waals surface area contributed by atoms with Crippen molar-refractivity contribution in [3.8, 4) is 0 Å². The Morgan fingerprint density at radius 3 is 0.986 bits per heavy atom. The summed E-state index contributed by atoms with van der Waals surface area (Å²) in [6, 6.07) is -0.663. The molecule has 0 aliphatic heterocycles. The lowest BCUT2D eigenvalue weighted by Crippen LogP contribution is -2.45. The normalized spacial score (nSPS) is 13.7. The smallest absolute Gasteiger partial charge is 0.220 e. The molecule has 4 heteroatoms. The van der Waals surface area contributed by atoms with Gasteiger partial charge in [-0.2, -0.15) is 0 Å². The van der Waals surface area contributed by atoms with Crippen LogP contribution in [0.3, 0.4) is 0 Å². The number of nitrogens with one attached hydrogen (secondary N) is 1. The van der Waals surface area contributed by atoms with Gasteiger partial charge in [-0.05, 0) is 103 Å². The van der Waals surface area contributed by atoms with E-state index in [4.69, 9.17) is 0 Å². The lowest BCUT2D eigenvalue weighted by Gasteiger charge is -2.19. The molecule has 0 rings (SSSR count). The number of carbonyl (C=O) groups excluding carboxylic acids is 1. The van der Waals surface area contributed by atoms with E-state index >= 15 is 0 Å². The first-order valence-electron chi connectivity index (χ1n) is 30.2. The first-order chi connectivity index (χ1) is 35.2. The summed E-state index contributed by atoms with van der Waals surface area (Å²) in [6.07, 6.45) is 93.7. The first kappa shape index (κ1) is 67.8. The molecule has 0 saturated heterocycles. The highest BCUT2D eigenvalue weighted by atomic mass is 16.3. The number of aliphatic hydroxyl groups is 2. The summed E-state index contributed by atoms with van der Waals surface area (Å²) in [5.74, 6) is -0.0926. The maximum absolute atomic E-state index is 12.5. The molecular formula is C67H115NO3. The molecule has 0 aromatic carbocycles. The maximum Gasteiger partial charge on any atom is 0.220 e. The number of carbonyl (C=O) groups is 1. The van der Waals surface area contributed by atoms with E-state index in [2.05, 4.69) is 129 Å². The van der Waals surface area contributed by atoms with Gasteiger partial charge in [0.05, 0.1) is 18.8 Å². The predicted molar refractivity (Wildman–Crippen MR) is 317 cm³/mol. The van der Waals surface area contributed by atoms with Crippen LogP contribution in [0.2, 0.25) is 0 Å². The summed E-state index contributed by atoms with van der Waals surface area (Å²) in [4.78, 5) is 12.5. The molecule has 71 heavy (non-hydrogen) atoms. The molecule has 3 N–H and O–H groups in total. The molecule has 2 unspecified atom stereocenters. The molecule has 1 amide bonds. The van der Waals surface area contributed by atoms with Crippen LogP contribution in [-0.2, 0) is 4.79 Å². The second-order valence-electron chi connectivity index (χ2n) is 20.0. The van der Waals surface area contributed by atoms with Gasteiger partial charge in [0.2, 0.25) is 5.91 Å². The van der Waals surface area contributed by atoms with Gasteiger partial charge in [0.15, 0.2) is 0 Å². The summed E-state index contributed by atoms with van der Waals surface area (Å²) in [6.45, 7) is 4.19. The van der Waals surface area contributed by atoms with Gasteiger partial charge < -0.3 is 15.5 Å². The van der Waals surface area contributed by atoms with E-state index in [0.29, 0.717) is 6.42 Å². The average molecular weight is 983 g/mol. The predicted octanol–water partition coefficient (Wildman–Crippen LogP) is 20.4. The number of aliphatic hydroxyl groups excluding tert-OH is 2. The molecule has 0 aromatic heterocycles. The SMILES string of the molecule is CC/C=C\C/C=C\C/C=C\C/C=C\C/C=C\C/C=C\C/C=C\CCCCCCCCCC(=O)NC(CO)C(O)/C=C/CC/C=C/CC/C=C/CCCCCCCCCCCCCCCCCCCCCC. The van der Waals surface area contributed by atoms with Crippen LogP contribution < -0.4 is 5.32 Å². The molecule has 4 nitrogen and oxygen atoms in total. The summed E-state index contributed by atoms with van der Waals surface area (Å²) < 4.78 is 0. The number of unbranched alkanes of at least 4 members (excludes halogenated alkanes) is 29. The second-order valence-corrected chi connectivity index (χ2v) is 20.0. The van der Waals surface area contributed by atoms with Gasteiger partial charge in [-0.25, -0.2) is 0 Å². The number of hydrogen-bond acceptors (Lipinski definition) is 3. The number of amides is 1. The number of allylic oxidation sites excluding steroid dienone is 19. The fraction of sp³-hybridized carbons (Fsp3) is 0.687. The maximum atomic E-state index is 12.5. The summed E-state index contributed by atoms with van der Waals surface area (Å²) in [5.41, 5.74) is 0. The third-order valence-electron chi connectivity index (χ3n) is 13.2. The van der Waals surface area contributed by atoms with Crippen molar-refractivity contribution in [3.05, 3.63) is 122 Å². The molecule has 0 saturated carbocycles. The molecule has 0 aromatic rings. The molecule has 0 heterocycles. The molecule has 0 radical (unpaired) electrons. The van der Waals surface area contributed by atoms with Crippen molar-refractivity contribution in [2.24, 2.45) is 0 Å². The van der Waals surface area contributed by atoms with E-state index in [1.165, 1.54) is 161 Å². The van der Waals surface area contributed by atoms with Crippen LogP contribution in [0, 0.1) is 0 Å². The zero-order valence-electron chi connectivity index (χ0n) is 46.7. The van der Waals surface area contributed by atoms with Crippen molar-refractivity contribution >= 4 is 5.91 Å². The van der Waals surface area contributed by atoms with Crippen molar-refractivity contribution in [3.63, 3.8) is 0 Å². The Kier molecular flexibility index (Phi) is 58.3. The monoisotopic (exact) mass is 982 g/mol. The van der Waals surface area contributed by atoms with Crippen molar-refractivity contribution in [1.82, 2.24) is 5.32 Å². The van der Waals surface area contributed by atoms with Gasteiger partial charge in [-0.15, -0.1) is 0 Å². The van der Waals surface area contributed by atoms with Crippen molar-refractivity contribution < 1.29 is 15.0 Å². The Hall–Kier alpha value is -3.21. The number of rotatable bonds is 54. The molecule has 406 valence electrons. The summed E-state index contributed by atoms with van der Waals surface area (Å²) in [5, 5.41) is 23.2. The minimum Gasteiger partial charge on any atom is -0.394 e. The Balaban J connectivity index is 3.63. The van der Waals surface area contributed by atoms with Gasteiger partial charge in [-0.3, -0.25) is 4.79 Å². The van der Waals surface area contributed by atoms with E-state index in [1.54, 1.807) is 6.08 Å². The Morgan fingerprint density at radius 2 is 0.634 bits per heavy atom. The quantitative estimate of drug-likeness (QED) is 0.0420. The van der Waals surface area contributed by atoms with Crippen LogP contribution >= 0.6 is 0 Å². The van der Waals surface area contributed by atoms with E-state index in [0.717, 1.165) is 96.3 Å². The second kappa shape index (κ2) is 61.1. The lowest BCUT2D eigenvalue weighted by molar-refractivity contribution is -0.123.